The predicted molar refractivity (Wildman–Crippen MR) is 88.3 cm³/mol. The van der Waals surface area contributed by atoms with Crippen molar-refractivity contribution in [1.29, 1.82) is 0 Å². The molecule has 0 spiro atoms. The average molecular weight is 321 g/mol. The van der Waals surface area contributed by atoms with Gasteiger partial charge >= 0.3 is 6.03 Å². The van der Waals surface area contributed by atoms with E-state index in [-0.39, 0.29) is 12.1 Å². The number of urea groups is 1. The lowest BCUT2D eigenvalue weighted by atomic mass is 10.2. The third-order valence-corrected chi connectivity index (χ3v) is 5.10. The molecular formula is C16H23N3O2S. The second-order valence-corrected chi connectivity index (χ2v) is 6.97. The molecule has 0 aromatic carbocycles. The number of pyridine rings is 1. The largest absolute Gasteiger partial charge is 0.474 e. The number of carbonyl (C=O) groups excluding carboxylic acids is 1. The molecule has 1 saturated carbocycles. The van der Waals surface area contributed by atoms with Gasteiger partial charge in [-0.2, -0.15) is 11.8 Å². The molecule has 2 aliphatic rings. The summed E-state index contributed by atoms with van der Waals surface area (Å²) in [7, 11) is 0. The topological polar surface area (TPSA) is 54.5 Å². The monoisotopic (exact) mass is 321 g/mol. The normalized spacial score (nSPS) is 19.2. The number of aromatic nitrogens is 1. The summed E-state index contributed by atoms with van der Waals surface area (Å²) in [6.45, 7) is 2.13. The van der Waals surface area contributed by atoms with Crippen molar-refractivity contribution in [3.63, 3.8) is 0 Å². The Morgan fingerprint density at radius 1 is 1.36 bits per heavy atom. The first-order valence-corrected chi connectivity index (χ1v) is 9.19. The number of hydrogen-bond donors (Lipinski definition) is 1. The second-order valence-electron chi connectivity index (χ2n) is 5.75. The van der Waals surface area contributed by atoms with E-state index in [0.717, 1.165) is 43.0 Å². The van der Waals surface area contributed by atoms with Gasteiger partial charge in [0.2, 0.25) is 5.88 Å². The highest BCUT2D eigenvalue weighted by atomic mass is 32.2. The molecule has 5 nitrogen and oxygen atoms in total. The van der Waals surface area contributed by atoms with Crippen LogP contribution in [-0.2, 0) is 6.54 Å². The van der Waals surface area contributed by atoms with Gasteiger partial charge in [-0.1, -0.05) is 6.07 Å². The zero-order valence-corrected chi connectivity index (χ0v) is 13.6. The van der Waals surface area contributed by atoms with Gasteiger partial charge in [-0.05, 0) is 31.7 Å². The third-order valence-electron chi connectivity index (χ3n) is 4.16. The molecule has 1 N–H and O–H groups in total. The van der Waals surface area contributed by atoms with Gasteiger partial charge in [-0.25, -0.2) is 9.78 Å². The molecule has 2 heterocycles. The van der Waals surface area contributed by atoms with Crippen LogP contribution >= 0.6 is 11.8 Å². The van der Waals surface area contributed by atoms with Crippen LogP contribution in [0.1, 0.15) is 31.2 Å². The summed E-state index contributed by atoms with van der Waals surface area (Å²) in [6.07, 6.45) is 6.70. The molecule has 1 aliphatic carbocycles. The van der Waals surface area contributed by atoms with E-state index in [9.17, 15) is 4.79 Å². The van der Waals surface area contributed by atoms with E-state index in [1.807, 2.05) is 28.8 Å². The van der Waals surface area contributed by atoms with E-state index in [2.05, 4.69) is 10.3 Å². The Balaban J connectivity index is 1.56. The first kappa shape index (κ1) is 15.5. The highest BCUT2D eigenvalue weighted by molar-refractivity contribution is 7.99. The van der Waals surface area contributed by atoms with E-state index in [4.69, 9.17) is 4.74 Å². The number of amides is 2. The molecule has 2 amide bonds. The quantitative estimate of drug-likeness (QED) is 0.926. The Labute approximate surface area is 135 Å². The lowest BCUT2D eigenvalue weighted by Crippen LogP contribution is -2.44. The van der Waals surface area contributed by atoms with E-state index in [1.165, 1.54) is 12.8 Å². The van der Waals surface area contributed by atoms with Crippen LogP contribution in [0.4, 0.5) is 4.79 Å². The minimum atomic E-state index is 0.0102. The van der Waals surface area contributed by atoms with Gasteiger partial charge in [0, 0.05) is 42.9 Å². The van der Waals surface area contributed by atoms with E-state index >= 15 is 0 Å². The summed E-state index contributed by atoms with van der Waals surface area (Å²) >= 11 is 1.90. The molecule has 2 fully saturated rings. The van der Waals surface area contributed by atoms with Crippen LogP contribution in [0.3, 0.4) is 0 Å². The van der Waals surface area contributed by atoms with Crippen LogP contribution in [0.2, 0.25) is 0 Å². The molecule has 0 unspecified atom stereocenters. The summed E-state index contributed by atoms with van der Waals surface area (Å²) in [4.78, 5) is 18.4. The van der Waals surface area contributed by atoms with Gasteiger partial charge in [0.05, 0.1) is 0 Å². The number of ether oxygens (including phenoxy) is 1. The summed E-state index contributed by atoms with van der Waals surface area (Å²) < 4.78 is 6.00. The Morgan fingerprint density at radius 2 is 2.14 bits per heavy atom. The molecule has 0 radical (unpaired) electrons. The Hall–Kier alpha value is -1.43. The smallest absolute Gasteiger partial charge is 0.317 e. The van der Waals surface area contributed by atoms with Crippen molar-refractivity contribution in [3.05, 3.63) is 23.9 Å². The van der Waals surface area contributed by atoms with Gasteiger partial charge in [-0.3, -0.25) is 0 Å². The van der Waals surface area contributed by atoms with Crippen molar-refractivity contribution in [2.45, 2.75) is 38.3 Å². The lowest BCUT2D eigenvalue weighted by molar-refractivity contribution is 0.196. The second kappa shape index (κ2) is 7.72. The molecule has 120 valence electrons. The van der Waals surface area contributed by atoms with Gasteiger partial charge < -0.3 is 15.0 Å². The van der Waals surface area contributed by atoms with Crippen molar-refractivity contribution in [1.82, 2.24) is 15.2 Å². The average Bonchev–Trinajstić information content (AvgIpc) is 3.07. The van der Waals surface area contributed by atoms with Gasteiger partial charge in [0.1, 0.15) is 6.10 Å². The molecule has 0 atom stereocenters. The molecule has 22 heavy (non-hydrogen) atoms. The Bertz CT molecular complexity index is 500. The maximum atomic E-state index is 12.2. The number of nitrogens with one attached hydrogen (secondary N) is 1. The number of nitrogens with zero attached hydrogens (tertiary/aromatic N) is 2. The molecule has 6 heteroatoms. The highest BCUT2D eigenvalue weighted by Crippen LogP contribution is 2.25. The van der Waals surface area contributed by atoms with E-state index < -0.39 is 0 Å². The van der Waals surface area contributed by atoms with Crippen molar-refractivity contribution in [2.75, 3.05) is 24.6 Å². The van der Waals surface area contributed by atoms with Crippen LogP contribution in [-0.4, -0.2) is 46.6 Å². The Morgan fingerprint density at radius 3 is 2.91 bits per heavy atom. The number of rotatable bonds is 4. The number of carbonyl (C=O) groups is 1. The fourth-order valence-electron chi connectivity index (χ4n) is 2.88. The fraction of sp³-hybridized carbons (Fsp3) is 0.625. The van der Waals surface area contributed by atoms with Gasteiger partial charge in [0.25, 0.3) is 0 Å². The third kappa shape index (κ3) is 4.06. The van der Waals surface area contributed by atoms with Crippen LogP contribution in [0.15, 0.2) is 18.3 Å². The zero-order chi connectivity index (χ0) is 15.2. The minimum absolute atomic E-state index is 0.0102. The molecule has 0 bridgehead atoms. The van der Waals surface area contributed by atoms with E-state index in [0.29, 0.717) is 12.4 Å². The minimum Gasteiger partial charge on any atom is -0.474 e. The first-order chi connectivity index (χ1) is 10.8. The highest BCUT2D eigenvalue weighted by Gasteiger charge is 2.20. The SMILES string of the molecule is O=C(NCc1cccnc1OC1CCCC1)N1CCSCC1. The number of hydrogen-bond acceptors (Lipinski definition) is 4. The molecule has 1 aliphatic heterocycles. The summed E-state index contributed by atoms with van der Waals surface area (Å²) in [5, 5.41) is 2.99. The molecular weight excluding hydrogens is 298 g/mol. The molecule has 1 aromatic rings. The lowest BCUT2D eigenvalue weighted by Gasteiger charge is -2.26. The van der Waals surface area contributed by atoms with Crippen molar-refractivity contribution >= 4 is 17.8 Å². The van der Waals surface area contributed by atoms with Crippen molar-refractivity contribution in [3.8, 4) is 5.88 Å². The van der Waals surface area contributed by atoms with Crippen LogP contribution < -0.4 is 10.1 Å². The number of thioether (sulfide) groups is 1. The van der Waals surface area contributed by atoms with Crippen molar-refractivity contribution in [2.24, 2.45) is 0 Å². The van der Waals surface area contributed by atoms with Crippen LogP contribution in [0.25, 0.3) is 0 Å². The summed E-state index contributed by atoms with van der Waals surface area (Å²) in [6, 6.07) is 3.88. The maximum Gasteiger partial charge on any atom is 0.317 e. The summed E-state index contributed by atoms with van der Waals surface area (Å²) in [5.41, 5.74) is 0.953. The fourth-order valence-corrected chi connectivity index (χ4v) is 3.78. The molecule has 1 aromatic heterocycles. The Kier molecular flexibility index (Phi) is 5.43. The standard InChI is InChI=1S/C16H23N3O2S/c20-16(19-8-10-22-11-9-19)18-12-13-4-3-7-17-15(13)21-14-5-1-2-6-14/h3-4,7,14H,1-2,5-6,8-12H2,(H,18,20). The van der Waals surface area contributed by atoms with Gasteiger partial charge in [0.15, 0.2) is 0 Å². The van der Waals surface area contributed by atoms with Crippen LogP contribution in [0.5, 0.6) is 5.88 Å². The van der Waals surface area contributed by atoms with Crippen LogP contribution in [0, 0.1) is 0 Å². The first-order valence-electron chi connectivity index (χ1n) is 8.04. The maximum absolute atomic E-state index is 12.2. The van der Waals surface area contributed by atoms with Gasteiger partial charge in [-0.15, -0.1) is 0 Å². The zero-order valence-electron chi connectivity index (χ0n) is 12.8. The summed E-state index contributed by atoms with van der Waals surface area (Å²) in [5.74, 6) is 2.72. The van der Waals surface area contributed by atoms with E-state index in [1.54, 1.807) is 6.20 Å². The molecule has 3 rings (SSSR count). The predicted octanol–water partition coefficient (Wildman–Crippen LogP) is 2.66. The molecule has 1 saturated heterocycles. The van der Waals surface area contributed by atoms with Crippen molar-refractivity contribution < 1.29 is 9.53 Å².